The van der Waals surface area contributed by atoms with E-state index >= 15 is 0 Å². The van der Waals surface area contributed by atoms with E-state index in [0.717, 1.165) is 61.9 Å². The Morgan fingerprint density at radius 1 is 0.268 bits per heavy atom. The zero-order valence-electron chi connectivity index (χ0n) is 44.9. The lowest BCUT2D eigenvalue weighted by atomic mass is 10.0. The van der Waals surface area contributed by atoms with Crippen molar-refractivity contribution in [2.75, 3.05) is 0 Å². The fourth-order valence-corrected chi connectivity index (χ4v) is 21.3. The highest BCUT2D eigenvalue weighted by molar-refractivity contribution is 7.66. The third-order valence-corrected chi connectivity index (χ3v) is 24.0. The van der Waals surface area contributed by atoms with Crippen LogP contribution in [0.15, 0.2) is 268 Å². The van der Waals surface area contributed by atoms with Crippen LogP contribution in [0, 0.1) is 0 Å². The van der Waals surface area contributed by atoms with Gasteiger partial charge in [-0.25, -0.2) is 18.7 Å². The number of aromatic nitrogens is 4. The van der Waals surface area contributed by atoms with E-state index in [4.69, 9.17) is 0 Å². The van der Waals surface area contributed by atoms with Crippen LogP contribution >= 0.6 is 15.8 Å². The monoisotopic (exact) mass is 1100 g/mol. The van der Waals surface area contributed by atoms with Gasteiger partial charge in [0.1, 0.15) is 23.1 Å². The van der Waals surface area contributed by atoms with E-state index in [1.807, 2.05) is 76.1 Å². The maximum absolute atomic E-state index is 14.6. The molecule has 3 aliphatic rings. The van der Waals surface area contributed by atoms with Crippen molar-refractivity contribution in [2.45, 2.75) is 60.9 Å². The number of benzene rings is 11. The first-order chi connectivity index (χ1) is 40.4. The zero-order chi connectivity index (χ0) is 55.0. The number of fused-ring (bicyclic) bond motifs is 8. The summed E-state index contributed by atoms with van der Waals surface area (Å²) < 4.78 is 7.35. The van der Waals surface area contributed by atoms with Crippen molar-refractivity contribution in [2.24, 2.45) is 0 Å². The lowest BCUT2D eigenvalue weighted by Gasteiger charge is -2.35. The largest absolute Gasteiger partial charge is 0.274 e. The summed E-state index contributed by atoms with van der Waals surface area (Å²) >= 11 is 0. The van der Waals surface area contributed by atoms with E-state index in [-0.39, 0.29) is 45.4 Å². The van der Waals surface area contributed by atoms with E-state index in [2.05, 4.69) is 170 Å². The molecule has 13 aromatic rings. The van der Waals surface area contributed by atoms with Gasteiger partial charge in [-0.05, 0) is 129 Å². The van der Waals surface area contributed by atoms with Gasteiger partial charge in [0, 0.05) is 0 Å². The molecule has 398 valence electrons. The third kappa shape index (κ3) is 8.02. The Balaban J connectivity index is 0.000000140. The molecule has 4 atom stereocenters. The molecule has 0 radical (unpaired) electrons. The van der Waals surface area contributed by atoms with Crippen molar-refractivity contribution in [1.82, 2.24) is 18.7 Å². The Morgan fingerprint density at radius 2 is 0.537 bits per heavy atom. The molecule has 0 unspecified atom stereocenters. The van der Waals surface area contributed by atoms with Gasteiger partial charge >= 0.3 is 0 Å². The van der Waals surface area contributed by atoms with Crippen LogP contribution in [0.2, 0.25) is 0 Å². The molecular formula is C72H56N4O4P2. The molecule has 2 aromatic heterocycles. The van der Waals surface area contributed by atoms with E-state index in [1.165, 1.54) is 40.8 Å². The highest BCUT2D eigenvalue weighted by Crippen LogP contribution is 2.71. The second-order valence-corrected chi connectivity index (χ2v) is 26.9. The summed E-state index contributed by atoms with van der Waals surface area (Å²) in [6.07, 6.45) is 5.96. The molecule has 4 heterocycles. The molecule has 1 saturated carbocycles. The van der Waals surface area contributed by atoms with Crippen molar-refractivity contribution in [3.63, 3.8) is 0 Å². The average molecular weight is 1100 g/mol. The molecule has 16 rings (SSSR count). The van der Waals surface area contributed by atoms with Crippen LogP contribution in [-0.4, -0.2) is 24.4 Å². The molecule has 0 bridgehead atoms. The Labute approximate surface area is 475 Å². The normalized spacial score (nSPS) is 18.3. The summed E-state index contributed by atoms with van der Waals surface area (Å²) in [6.45, 7) is 0. The third-order valence-electron chi connectivity index (χ3n) is 17.5. The lowest BCUT2D eigenvalue weighted by molar-refractivity contribution is 0.496. The van der Waals surface area contributed by atoms with Gasteiger partial charge in [0.25, 0.3) is 22.2 Å². The first-order valence-corrected chi connectivity index (χ1v) is 31.5. The Kier molecular flexibility index (Phi) is 12.6. The fourth-order valence-electron chi connectivity index (χ4n) is 14.0. The van der Waals surface area contributed by atoms with E-state index < -0.39 is 15.8 Å². The topological polar surface area (TPSA) is 88.0 Å². The van der Waals surface area contributed by atoms with Crippen LogP contribution in [0.4, 0.5) is 0 Å². The molecule has 0 spiro atoms. The SMILES string of the molecule is O=c1c2ccccc2c(=O)n2n1[C@@H](c1cccc3ccccc13)P(C1CCCCC1)[C@@H]2c1cccc2ccccc12.O=c1c2ccccc2c(=O)n2n1[C@@H](c1cccc3ccccc13)P(c1ccccc1)[C@@H]2c1cccc2ccccc12. The molecule has 1 fully saturated rings. The van der Waals surface area contributed by atoms with Crippen LogP contribution in [0.5, 0.6) is 0 Å². The van der Waals surface area contributed by atoms with Crippen molar-refractivity contribution < 1.29 is 0 Å². The van der Waals surface area contributed by atoms with E-state index in [1.54, 1.807) is 21.5 Å². The van der Waals surface area contributed by atoms with Gasteiger partial charge < -0.3 is 0 Å². The standard InChI is InChI=1S/C36H31N2O2P.C36H25N2O2P/c2*39-33-29-20-8-9-21-30(29)34(40)38-36(32-23-11-15-25-13-5-7-19-28(25)32)41(26-16-2-1-3-17-26)35(37(33)38)31-22-10-14-24-12-4-6-18-27(24)31/h4-15,18-23,26,35-36H,1-3,16-17H2;1-23,35-36H/t2*35-,36-/m11/s1. The van der Waals surface area contributed by atoms with Gasteiger partial charge in [-0.15, -0.1) is 0 Å². The van der Waals surface area contributed by atoms with Gasteiger partial charge in [0.15, 0.2) is 0 Å². The fraction of sp³-hybridized carbons (Fsp3) is 0.139. The lowest BCUT2D eigenvalue weighted by Crippen LogP contribution is -2.37. The summed E-state index contributed by atoms with van der Waals surface area (Å²) in [5.74, 6) is -1.06. The van der Waals surface area contributed by atoms with Gasteiger partial charge in [-0.3, -0.25) is 19.2 Å². The maximum Gasteiger partial charge on any atom is 0.274 e. The highest BCUT2D eigenvalue weighted by Gasteiger charge is 2.49. The summed E-state index contributed by atoms with van der Waals surface area (Å²) in [5.41, 5.74) is 4.50. The summed E-state index contributed by atoms with van der Waals surface area (Å²) in [4.78, 5) is 58.2. The minimum atomic E-state index is -1.16. The van der Waals surface area contributed by atoms with Gasteiger partial charge in [0.05, 0.1) is 21.5 Å². The molecule has 1 aliphatic carbocycles. The predicted octanol–water partition coefficient (Wildman–Crippen LogP) is 15.8. The van der Waals surface area contributed by atoms with Gasteiger partial charge in [-0.2, -0.15) is 0 Å². The molecule has 0 saturated heterocycles. The smallest absolute Gasteiger partial charge is 0.267 e. The average Bonchev–Trinajstić information content (AvgIpc) is 4.17. The number of nitrogens with zero attached hydrogens (tertiary/aromatic N) is 4. The number of hydrogen-bond donors (Lipinski definition) is 0. The molecular weight excluding hydrogens is 1050 g/mol. The second kappa shape index (κ2) is 20.6. The maximum atomic E-state index is 14.6. The molecule has 2 aliphatic heterocycles. The quantitative estimate of drug-likeness (QED) is 0.155. The molecule has 10 heteroatoms. The Bertz CT molecular complexity index is 4630. The molecule has 11 aromatic carbocycles. The molecule has 8 nitrogen and oxygen atoms in total. The molecule has 0 N–H and O–H groups in total. The molecule has 0 amide bonds. The zero-order valence-corrected chi connectivity index (χ0v) is 46.7. The van der Waals surface area contributed by atoms with Crippen molar-refractivity contribution in [1.29, 1.82) is 0 Å². The second-order valence-electron chi connectivity index (χ2n) is 21.9. The van der Waals surface area contributed by atoms with Gasteiger partial charge in [-0.1, -0.05) is 244 Å². The summed E-state index contributed by atoms with van der Waals surface area (Å²) in [7, 11) is -2.05. The van der Waals surface area contributed by atoms with E-state index in [9.17, 15) is 19.2 Å². The van der Waals surface area contributed by atoms with E-state index in [0.29, 0.717) is 27.2 Å². The Hall–Kier alpha value is -8.80. The van der Waals surface area contributed by atoms with Crippen molar-refractivity contribution in [3.8, 4) is 0 Å². The van der Waals surface area contributed by atoms with Crippen LogP contribution in [-0.2, 0) is 0 Å². The summed E-state index contributed by atoms with van der Waals surface area (Å²) in [5, 5.41) is 12.2. The number of hydrogen-bond acceptors (Lipinski definition) is 4. The van der Waals surface area contributed by atoms with Gasteiger partial charge in [0.2, 0.25) is 0 Å². The minimum Gasteiger partial charge on any atom is -0.267 e. The highest BCUT2D eigenvalue weighted by atomic mass is 31.1. The predicted molar refractivity (Wildman–Crippen MR) is 340 cm³/mol. The number of rotatable bonds is 6. The minimum absolute atomic E-state index is 0.0656. The van der Waals surface area contributed by atoms with Crippen LogP contribution in [0.25, 0.3) is 64.6 Å². The first-order valence-electron chi connectivity index (χ1n) is 28.5. The van der Waals surface area contributed by atoms with Crippen LogP contribution in [0.3, 0.4) is 0 Å². The van der Waals surface area contributed by atoms with Crippen LogP contribution in [0.1, 0.15) is 77.5 Å². The first kappa shape index (κ1) is 50.2. The van der Waals surface area contributed by atoms with Crippen molar-refractivity contribution in [3.05, 3.63) is 312 Å². The Morgan fingerprint density at radius 3 is 0.878 bits per heavy atom. The summed E-state index contributed by atoms with van der Waals surface area (Å²) in [6, 6.07) is 84.2. The van der Waals surface area contributed by atoms with Crippen molar-refractivity contribution >= 4 is 85.8 Å². The van der Waals surface area contributed by atoms with Crippen LogP contribution < -0.4 is 27.5 Å². The molecule has 82 heavy (non-hydrogen) atoms.